The van der Waals surface area contributed by atoms with E-state index in [4.69, 9.17) is 4.18 Å². The second kappa shape index (κ2) is 6.69. The van der Waals surface area contributed by atoms with E-state index in [2.05, 4.69) is 5.32 Å². The van der Waals surface area contributed by atoms with Gasteiger partial charge in [0.1, 0.15) is 24.7 Å². The molecule has 0 aliphatic carbocycles. The molecule has 0 spiro atoms. The standard InChI is InChI=1S/C15H16FNO3S/c1-21(18,19)20-15-8-4-13(5-9-15)11-17-10-12-2-6-14(16)7-3-12/h2-9,17H,10-11H2,1H3/p+1. The van der Waals surface area contributed by atoms with Crippen LogP contribution in [0.25, 0.3) is 0 Å². The van der Waals surface area contributed by atoms with E-state index in [1.807, 2.05) is 12.1 Å². The lowest BCUT2D eigenvalue weighted by Crippen LogP contribution is -2.80. The van der Waals surface area contributed by atoms with Gasteiger partial charge in [-0.1, -0.05) is 12.1 Å². The van der Waals surface area contributed by atoms with Gasteiger partial charge in [-0.05, 0) is 36.4 Å². The third-order valence-corrected chi connectivity index (χ3v) is 3.34. The van der Waals surface area contributed by atoms with Gasteiger partial charge in [0, 0.05) is 11.1 Å². The van der Waals surface area contributed by atoms with Crippen molar-refractivity contribution in [3.8, 4) is 5.75 Å². The molecule has 0 aliphatic heterocycles. The zero-order valence-corrected chi connectivity index (χ0v) is 12.4. The van der Waals surface area contributed by atoms with Crippen LogP contribution in [0, 0.1) is 5.82 Å². The Morgan fingerprint density at radius 3 is 1.90 bits per heavy atom. The highest BCUT2D eigenvalue weighted by molar-refractivity contribution is 7.86. The molecule has 0 aliphatic rings. The van der Waals surface area contributed by atoms with Crippen molar-refractivity contribution in [1.29, 1.82) is 0 Å². The van der Waals surface area contributed by atoms with Crippen molar-refractivity contribution in [2.45, 2.75) is 13.1 Å². The van der Waals surface area contributed by atoms with E-state index in [0.717, 1.165) is 30.5 Å². The second-order valence-corrected chi connectivity index (χ2v) is 6.33. The number of rotatable bonds is 6. The van der Waals surface area contributed by atoms with E-state index < -0.39 is 10.1 Å². The fourth-order valence-electron chi connectivity index (χ4n) is 1.88. The lowest BCUT2D eigenvalue weighted by molar-refractivity contribution is -0.686. The number of benzene rings is 2. The molecule has 0 radical (unpaired) electrons. The average molecular weight is 310 g/mol. The highest BCUT2D eigenvalue weighted by Gasteiger charge is 2.04. The van der Waals surface area contributed by atoms with Crippen LogP contribution >= 0.6 is 0 Å². The first-order valence-electron chi connectivity index (χ1n) is 6.47. The maximum atomic E-state index is 12.8. The third kappa shape index (κ3) is 5.53. The monoisotopic (exact) mass is 310 g/mol. The molecule has 0 heterocycles. The van der Waals surface area contributed by atoms with Gasteiger partial charge in [-0.3, -0.25) is 0 Å². The molecule has 2 rings (SSSR count). The van der Waals surface area contributed by atoms with Gasteiger partial charge >= 0.3 is 10.1 Å². The Bertz CT molecular complexity index is 682. The Hall–Kier alpha value is -1.92. The quantitative estimate of drug-likeness (QED) is 0.821. The molecule has 21 heavy (non-hydrogen) atoms. The van der Waals surface area contributed by atoms with Gasteiger partial charge in [-0.15, -0.1) is 0 Å². The van der Waals surface area contributed by atoms with E-state index in [-0.39, 0.29) is 5.82 Å². The van der Waals surface area contributed by atoms with Gasteiger partial charge in [0.05, 0.1) is 6.26 Å². The van der Waals surface area contributed by atoms with Crippen molar-refractivity contribution in [1.82, 2.24) is 0 Å². The second-order valence-electron chi connectivity index (χ2n) is 4.75. The Balaban J connectivity index is 1.85. The first-order valence-corrected chi connectivity index (χ1v) is 8.28. The summed E-state index contributed by atoms with van der Waals surface area (Å²) in [7, 11) is -3.48. The lowest BCUT2D eigenvalue weighted by atomic mass is 10.2. The van der Waals surface area contributed by atoms with Crippen molar-refractivity contribution >= 4 is 10.1 Å². The Kier molecular flexibility index (Phi) is 4.93. The zero-order chi connectivity index (χ0) is 15.3. The SMILES string of the molecule is CS(=O)(=O)Oc1ccc(C[NH2+]Cc2ccc(F)cc2)cc1. The lowest BCUT2D eigenvalue weighted by Gasteiger charge is -2.05. The number of nitrogens with two attached hydrogens (primary N) is 1. The summed E-state index contributed by atoms with van der Waals surface area (Å²) in [6, 6.07) is 13.3. The molecule has 0 amide bonds. The first-order chi connectivity index (χ1) is 9.92. The van der Waals surface area contributed by atoms with Crippen molar-refractivity contribution in [3.63, 3.8) is 0 Å². The van der Waals surface area contributed by atoms with Crippen molar-refractivity contribution < 1.29 is 22.3 Å². The molecule has 0 aromatic heterocycles. The summed E-state index contributed by atoms with van der Waals surface area (Å²) in [5.41, 5.74) is 2.10. The molecule has 0 unspecified atom stereocenters. The smallest absolute Gasteiger partial charge is 0.306 e. The molecular formula is C15H17FNO3S+. The van der Waals surface area contributed by atoms with Crippen LogP contribution < -0.4 is 9.50 Å². The molecule has 112 valence electrons. The molecule has 4 nitrogen and oxygen atoms in total. The van der Waals surface area contributed by atoms with E-state index in [0.29, 0.717) is 5.75 Å². The minimum atomic E-state index is -3.48. The Morgan fingerprint density at radius 2 is 1.43 bits per heavy atom. The molecule has 0 bridgehead atoms. The highest BCUT2D eigenvalue weighted by atomic mass is 32.2. The van der Waals surface area contributed by atoms with Gasteiger partial charge in [0.15, 0.2) is 0 Å². The van der Waals surface area contributed by atoms with Crippen LogP contribution in [0.4, 0.5) is 4.39 Å². The molecule has 6 heteroatoms. The molecule has 2 aromatic carbocycles. The fraction of sp³-hybridized carbons (Fsp3) is 0.200. The van der Waals surface area contributed by atoms with Gasteiger partial charge < -0.3 is 9.50 Å². The largest absolute Gasteiger partial charge is 0.383 e. The van der Waals surface area contributed by atoms with Crippen LogP contribution in [-0.4, -0.2) is 14.7 Å². The minimum Gasteiger partial charge on any atom is -0.383 e. The summed E-state index contributed by atoms with van der Waals surface area (Å²) in [6.07, 6.45) is 1.01. The number of halogens is 1. The molecule has 0 fully saturated rings. The molecule has 0 atom stereocenters. The van der Waals surface area contributed by atoms with E-state index in [1.165, 1.54) is 12.1 Å². The molecule has 2 N–H and O–H groups in total. The van der Waals surface area contributed by atoms with Gasteiger partial charge in [-0.2, -0.15) is 8.42 Å². The maximum absolute atomic E-state index is 12.8. The number of hydrogen-bond acceptors (Lipinski definition) is 3. The summed E-state index contributed by atoms with van der Waals surface area (Å²) in [5.74, 6) is 0.0694. The van der Waals surface area contributed by atoms with Crippen LogP contribution in [0.1, 0.15) is 11.1 Å². The van der Waals surface area contributed by atoms with Crippen LogP contribution in [0.5, 0.6) is 5.75 Å². The van der Waals surface area contributed by atoms with Crippen LogP contribution in [-0.2, 0) is 23.2 Å². The van der Waals surface area contributed by atoms with E-state index >= 15 is 0 Å². The normalized spacial score (nSPS) is 11.3. The number of hydrogen-bond donors (Lipinski definition) is 1. The summed E-state index contributed by atoms with van der Waals surface area (Å²) < 4.78 is 39.5. The van der Waals surface area contributed by atoms with Crippen LogP contribution in [0.2, 0.25) is 0 Å². The summed E-state index contributed by atoms with van der Waals surface area (Å²) in [5, 5.41) is 2.08. The zero-order valence-electron chi connectivity index (χ0n) is 11.6. The van der Waals surface area contributed by atoms with Crippen molar-refractivity contribution in [3.05, 3.63) is 65.5 Å². The van der Waals surface area contributed by atoms with E-state index in [1.54, 1.807) is 24.3 Å². The van der Waals surface area contributed by atoms with Crippen LogP contribution in [0.15, 0.2) is 48.5 Å². The van der Waals surface area contributed by atoms with E-state index in [9.17, 15) is 12.8 Å². The number of quaternary nitrogens is 1. The summed E-state index contributed by atoms with van der Waals surface area (Å²) >= 11 is 0. The summed E-state index contributed by atoms with van der Waals surface area (Å²) in [6.45, 7) is 1.50. The minimum absolute atomic E-state index is 0.236. The fourth-order valence-corrected chi connectivity index (χ4v) is 2.34. The van der Waals surface area contributed by atoms with Gasteiger partial charge in [0.2, 0.25) is 0 Å². The third-order valence-electron chi connectivity index (χ3n) is 2.84. The van der Waals surface area contributed by atoms with Crippen molar-refractivity contribution in [2.24, 2.45) is 0 Å². The van der Waals surface area contributed by atoms with Gasteiger partial charge in [0.25, 0.3) is 0 Å². The predicted molar refractivity (Wildman–Crippen MR) is 77.6 cm³/mol. The van der Waals surface area contributed by atoms with Crippen molar-refractivity contribution in [2.75, 3.05) is 6.26 Å². The molecule has 0 saturated carbocycles. The first kappa shape index (κ1) is 15.5. The molecule has 0 saturated heterocycles. The van der Waals surface area contributed by atoms with Gasteiger partial charge in [-0.25, -0.2) is 4.39 Å². The topological polar surface area (TPSA) is 60.0 Å². The molecular weight excluding hydrogens is 293 g/mol. The predicted octanol–water partition coefficient (Wildman–Crippen LogP) is 1.43. The highest BCUT2D eigenvalue weighted by Crippen LogP contribution is 2.13. The maximum Gasteiger partial charge on any atom is 0.306 e. The molecule has 2 aromatic rings. The average Bonchev–Trinajstić information content (AvgIpc) is 2.41. The Morgan fingerprint density at radius 1 is 0.952 bits per heavy atom. The Labute approximate surface area is 123 Å². The van der Waals surface area contributed by atoms with Crippen LogP contribution in [0.3, 0.4) is 0 Å². The summed E-state index contributed by atoms with van der Waals surface area (Å²) in [4.78, 5) is 0.